The Kier molecular flexibility index (Phi) is 2.94. The lowest BCUT2D eigenvalue weighted by molar-refractivity contribution is -0.116. The van der Waals surface area contributed by atoms with Gasteiger partial charge in [0.15, 0.2) is 5.78 Å². The number of rotatable bonds is 3. The quantitative estimate of drug-likeness (QED) is 0.649. The first-order valence-electron chi connectivity index (χ1n) is 5.28. The molecule has 0 N–H and O–H groups in total. The topological polar surface area (TPSA) is 17.1 Å². The van der Waals surface area contributed by atoms with Gasteiger partial charge in [0.1, 0.15) is 0 Å². The van der Waals surface area contributed by atoms with Crippen molar-refractivity contribution in [3.05, 3.63) is 11.1 Å². The largest absolute Gasteiger partial charge is 0.295 e. The lowest BCUT2D eigenvalue weighted by Gasteiger charge is -2.26. The molecule has 0 aromatic heterocycles. The maximum absolute atomic E-state index is 11.6. The van der Waals surface area contributed by atoms with Gasteiger partial charge in [0, 0.05) is 6.42 Å². The van der Waals surface area contributed by atoms with Crippen LogP contribution in [0.25, 0.3) is 0 Å². The number of allylic oxidation sites excluding steroid dienone is 2. The predicted molar refractivity (Wildman–Crippen MR) is 55.6 cm³/mol. The van der Waals surface area contributed by atoms with Crippen molar-refractivity contribution in [1.29, 1.82) is 0 Å². The Morgan fingerprint density at radius 3 is 2.46 bits per heavy atom. The van der Waals surface area contributed by atoms with E-state index in [0.717, 1.165) is 24.8 Å². The molecular weight excluding hydrogens is 160 g/mol. The van der Waals surface area contributed by atoms with E-state index in [9.17, 15) is 4.79 Å². The lowest BCUT2D eigenvalue weighted by Crippen LogP contribution is -2.16. The molecule has 0 bridgehead atoms. The fourth-order valence-electron chi connectivity index (χ4n) is 2.70. The molecule has 1 unspecified atom stereocenters. The van der Waals surface area contributed by atoms with Crippen LogP contribution in [0, 0.1) is 5.41 Å². The summed E-state index contributed by atoms with van der Waals surface area (Å²) in [7, 11) is 0. The van der Waals surface area contributed by atoms with Gasteiger partial charge >= 0.3 is 0 Å². The van der Waals surface area contributed by atoms with E-state index in [1.165, 1.54) is 12.0 Å². The third-order valence-corrected chi connectivity index (χ3v) is 3.31. The Bertz CT molecular complexity index is 250. The van der Waals surface area contributed by atoms with Crippen LogP contribution in [-0.2, 0) is 4.79 Å². The minimum Gasteiger partial charge on any atom is -0.295 e. The Hall–Kier alpha value is -0.590. The van der Waals surface area contributed by atoms with Crippen molar-refractivity contribution in [2.45, 2.75) is 53.4 Å². The lowest BCUT2D eigenvalue weighted by atomic mass is 9.78. The van der Waals surface area contributed by atoms with Gasteiger partial charge < -0.3 is 0 Å². The van der Waals surface area contributed by atoms with Gasteiger partial charge in [-0.05, 0) is 30.8 Å². The van der Waals surface area contributed by atoms with Crippen LogP contribution < -0.4 is 0 Å². The van der Waals surface area contributed by atoms with Gasteiger partial charge in [-0.25, -0.2) is 0 Å². The van der Waals surface area contributed by atoms with Gasteiger partial charge in [0.25, 0.3) is 0 Å². The number of hydrogen-bond donors (Lipinski definition) is 0. The van der Waals surface area contributed by atoms with Gasteiger partial charge in [-0.3, -0.25) is 4.79 Å². The highest BCUT2D eigenvalue weighted by molar-refractivity contribution is 5.99. The van der Waals surface area contributed by atoms with Crippen molar-refractivity contribution in [3.8, 4) is 0 Å². The molecule has 13 heavy (non-hydrogen) atoms. The number of Topliss-reactive ketones (excluding diaryl/α,β-unsaturated/α-hetero) is 1. The van der Waals surface area contributed by atoms with Crippen molar-refractivity contribution in [1.82, 2.24) is 0 Å². The van der Waals surface area contributed by atoms with Crippen LogP contribution in [0.1, 0.15) is 53.4 Å². The van der Waals surface area contributed by atoms with E-state index in [2.05, 4.69) is 20.8 Å². The molecule has 1 atom stereocenters. The van der Waals surface area contributed by atoms with E-state index >= 15 is 0 Å². The maximum atomic E-state index is 11.6. The molecule has 1 aliphatic carbocycles. The van der Waals surface area contributed by atoms with Crippen LogP contribution in [0.3, 0.4) is 0 Å². The molecule has 0 heterocycles. The Morgan fingerprint density at radius 1 is 1.38 bits per heavy atom. The van der Waals surface area contributed by atoms with Gasteiger partial charge in [0.2, 0.25) is 0 Å². The Morgan fingerprint density at radius 2 is 2.00 bits per heavy atom. The summed E-state index contributed by atoms with van der Waals surface area (Å²) < 4.78 is 0. The van der Waals surface area contributed by atoms with E-state index in [4.69, 9.17) is 0 Å². The number of carbonyl (C=O) groups excluding carboxylic acids is 1. The predicted octanol–water partition coefficient (Wildman–Crippen LogP) is 3.49. The third-order valence-electron chi connectivity index (χ3n) is 3.31. The van der Waals surface area contributed by atoms with E-state index in [1.807, 2.05) is 6.92 Å². The van der Waals surface area contributed by atoms with Crippen LogP contribution in [0.2, 0.25) is 0 Å². The first kappa shape index (κ1) is 10.5. The molecular formula is C12H20O. The zero-order valence-corrected chi connectivity index (χ0v) is 9.24. The summed E-state index contributed by atoms with van der Waals surface area (Å²) >= 11 is 0. The first-order chi connectivity index (χ1) is 6.05. The number of ketones is 1. The molecule has 0 aromatic carbocycles. The average Bonchev–Trinajstić information content (AvgIpc) is 2.24. The molecule has 1 nitrogen and oxygen atoms in total. The SMILES string of the molecule is CCCC1(C)CC(=O)C(C)=C1CC. The molecule has 74 valence electrons. The summed E-state index contributed by atoms with van der Waals surface area (Å²) in [4.78, 5) is 11.6. The molecule has 1 aliphatic rings. The normalized spacial score (nSPS) is 28.8. The number of carbonyl (C=O) groups is 1. The number of hydrogen-bond acceptors (Lipinski definition) is 1. The Labute approximate surface area is 81.2 Å². The van der Waals surface area contributed by atoms with Gasteiger partial charge in [-0.15, -0.1) is 0 Å². The summed E-state index contributed by atoms with van der Waals surface area (Å²) in [5.41, 5.74) is 2.63. The zero-order valence-electron chi connectivity index (χ0n) is 9.24. The standard InChI is InChI=1S/C12H20O/c1-5-7-12(4)8-11(13)9(3)10(12)6-2/h5-8H2,1-4H3. The molecule has 0 fully saturated rings. The van der Waals surface area contributed by atoms with Gasteiger partial charge in [-0.1, -0.05) is 32.8 Å². The molecule has 0 aromatic rings. The second kappa shape index (κ2) is 3.65. The molecule has 1 heteroatoms. The summed E-state index contributed by atoms with van der Waals surface area (Å²) in [5.74, 6) is 0.368. The van der Waals surface area contributed by atoms with Crippen LogP contribution in [0.15, 0.2) is 11.1 Å². The van der Waals surface area contributed by atoms with Crippen LogP contribution in [0.4, 0.5) is 0 Å². The van der Waals surface area contributed by atoms with Crippen molar-refractivity contribution in [3.63, 3.8) is 0 Å². The van der Waals surface area contributed by atoms with E-state index in [1.54, 1.807) is 0 Å². The monoisotopic (exact) mass is 180 g/mol. The van der Waals surface area contributed by atoms with E-state index in [0.29, 0.717) is 5.78 Å². The van der Waals surface area contributed by atoms with Crippen LogP contribution in [0.5, 0.6) is 0 Å². The molecule has 0 spiro atoms. The van der Waals surface area contributed by atoms with Crippen molar-refractivity contribution < 1.29 is 4.79 Å². The van der Waals surface area contributed by atoms with E-state index < -0.39 is 0 Å². The highest BCUT2D eigenvalue weighted by Gasteiger charge is 2.37. The third kappa shape index (κ3) is 1.70. The maximum Gasteiger partial charge on any atom is 0.159 e. The molecule has 0 saturated carbocycles. The average molecular weight is 180 g/mol. The van der Waals surface area contributed by atoms with Crippen molar-refractivity contribution in [2.24, 2.45) is 5.41 Å². The second-order valence-electron chi connectivity index (χ2n) is 4.37. The fraction of sp³-hybridized carbons (Fsp3) is 0.750. The van der Waals surface area contributed by atoms with E-state index in [-0.39, 0.29) is 5.41 Å². The zero-order chi connectivity index (χ0) is 10.1. The smallest absolute Gasteiger partial charge is 0.159 e. The molecule has 0 saturated heterocycles. The van der Waals surface area contributed by atoms with Crippen molar-refractivity contribution >= 4 is 5.78 Å². The molecule has 0 radical (unpaired) electrons. The van der Waals surface area contributed by atoms with Crippen molar-refractivity contribution in [2.75, 3.05) is 0 Å². The van der Waals surface area contributed by atoms with Crippen LogP contribution in [-0.4, -0.2) is 5.78 Å². The minimum absolute atomic E-state index is 0.185. The minimum atomic E-state index is 0.185. The highest BCUT2D eigenvalue weighted by atomic mass is 16.1. The second-order valence-corrected chi connectivity index (χ2v) is 4.37. The summed E-state index contributed by atoms with van der Waals surface area (Å²) in [6, 6.07) is 0. The molecule has 0 amide bonds. The highest BCUT2D eigenvalue weighted by Crippen LogP contribution is 2.45. The molecule has 0 aliphatic heterocycles. The first-order valence-corrected chi connectivity index (χ1v) is 5.28. The summed E-state index contributed by atoms with van der Waals surface area (Å²) in [5, 5.41) is 0. The van der Waals surface area contributed by atoms with Gasteiger partial charge in [0.05, 0.1) is 0 Å². The van der Waals surface area contributed by atoms with Crippen LogP contribution >= 0.6 is 0 Å². The van der Waals surface area contributed by atoms with Gasteiger partial charge in [-0.2, -0.15) is 0 Å². The molecule has 1 rings (SSSR count). The fourth-order valence-corrected chi connectivity index (χ4v) is 2.70. The summed E-state index contributed by atoms with van der Waals surface area (Å²) in [6.07, 6.45) is 4.10. The summed E-state index contributed by atoms with van der Waals surface area (Å²) in [6.45, 7) is 8.58. The Balaban J connectivity index is 2.97.